The number of amides is 1. The number of nitrogens with one attached hydrogen (secondary N) is 3. The molecule has 1 aromatic carbocycles. The molecule has 4 nitrogen and oxygen atoms in total. The molecule has 92 valence electrons. The van der Waals surface area contributed by atoms with Crippen molar-refractivity contribution in [1.82, 2.24) is 10.6 Å². The number of carbonyl (C=O) groups is 1. The number of rotatable bonds is 5. The lowest BCUT2D eigenvalue weighted by Gasteiger charge is -2.12. The van der Waals surface area contributed by atoms with Crippen molar-refractivity contribution in [3.05, 3.63) is 30.3 Å². The van der Waals surface area contributed by atoms with Crippen molar-refractivity contribution in [2.75, 3.05) is 25.0 Å². The van der Waals surface area contributed by atoms with Gasteiger partial charge < -0.3 is 16.0 Å². The molecule has 1 aromatic rings. The molecule has 4 heteroatoms. The Bertz CT molecular complexity index is 347. The van der Waals surface area contributed by atoms with Gasteiger partial charge in [-0.1, -0.05) is 18.2 Å². The van der Waals surface area contributed by atoms with E-state index in [1.165, 1.54) is 6.42 Å². The first-order valence-electron chi connectivity index (χ1n) is 6.13. The first-order chi connectivity index (χ1) is 8.34. The quantitative estimate of drug-likeness (QED) is 0.710. The molecular weight excluding hydrogens is 214 g/mol. The van der Waals surface area contributed by atoms with Gasteiger partial charge >= 0.3 is 0 Å². The van der Waals surface area contributed by atoms with E-state index in [2.05, 4.69) is 16.0 Å². The minimum Gasteiger partial charge on any atom is -0.376 e. The lowest BCUT2D eigenvalue weighted by atomic mass is 10.2. The van der Waals surface area contributed by atoms with Crippen LogP contribution in [0.4, 0.5) is 5.69 Å². The van der Waals surface area contributed by atoms with Gasteiger partial charge in [-0.3, -0.25) is 4.79 Å². The number of para-hydroxylation sites is 1. The Labute approximate surface area is 102 Å². The molecule has 2 rings (SSSR count). The SMILES string of the molecule is O=C(CNc1ccccc1)NCC1CCCN1. The second kappa shape index (κ2) is 6.25. The third kappa shape index (κ3) is 4.07. The van der Waals surface area contributed by atoms with E-state index in [0.29, 0.717) is 12.6 Å². The molecule has 3 N–H and O–H groups in total. The first-order valence-corrected chi connectivity index (χ1v) is 6.13. The molecule has 1 saturated heterocycles. The van der Waals surface area contributed by atoms with Gasteiger partial charge in [-0.2, -0.15) is 0 Å². The van der Waals surface area contributed by atoms with E-state index in [9.17, 15) is 4.79 Å². The second-order valence-corrected chi connectivity index (χ2v) is 4.32. The number of carbonyl (C=O) groups excluding carboxylic acids is 1. The van der Waals surface area contributed by atoms with E-state index < -0.39 is 0 Å². The van der Waals surface area contributed by atoms with E-state index in [1.54, 1.807) is 0 Å². The highest BCUT2D eigenvalue weighted by molar-refractivity contribution is 5.80. The molecule has 1 fully saturated rings. The van der Waals surface area contributed by atoms with Gasteiger partial charge in [-0.15, -0.1) is 0 Å². The van der Waals surface area contributed by atoms with E-state index in [4.69, 9.17) is 0 Å². The molecule has 0 aliphatic carbocycles. The van der Waals surface area contributed by atoms with Crippen molar-refractivity contribution < 1.29 is 4.79 Å². The third-order valence-corrected chi connectivity index (χ3v) is 2.93. The van der Waals surface area contributed by atoms with Gasteiger partial charge in [0.1, 0.15) is 0 Å². The normalized spacial score (nSPS) is 18.9. The maximum Gasteiger partial charge on any atom is 0.239 e. The minimum atomic E-state index is 0.0440. The summed E-state index contributed by atoms with van der Waals surface area (Å²) < 4.78 is 0. The zero-order chi connectivity index (χ0) is 11.9. The Morgan fingerprint density at radius 1 is 1.35 bits per heavy atom. The van der Waals surface area contributed by atoms with Crippen LogP contribution < -0.4 is 16.0 Å². The average Bonchev–Trinajstić information content (AvgIpc) is 2.88. The molecule has 1 heterocycles. The van der Waals surface area contributed by atoms with E-state index in [0.717, 1.165) is 25.2 Å². The Morgan fingerprint density at radius 2 is 2.18 bits per heavy atom. The molecule has 0 aromatic heterocycles. The van der Waals surface area contributed by atoms with Crippen LogP contribution in [0.15, 0.2) is 30.3 Å². The van der Waals surface area contributed by atoms with Crippen molar-refractivity contribution in [2.24, 2.45) is 0 Å². The van der Waals surface area contributed by atoms with Crippen LogP contribution in [0, 0.1) is 0 Å². The second-order valence-electron chi connectivity index (χ2n) is 4.32. The molecule has 0 spiro atoms. The molecule has 0 saturated carbocycles. The molecule has 1 unspecified atom stereocenters. The lowest BCUT2D eigenvalue weighted by Crippen LogP contribution is -2.39. The average molecular weight is 233 g/mol. The molecule has 1 atom stereocenters. The van der Waals surface area contributed by atoms with Crippen LogP contribution in [-0.2, 0) is 4.79 Å². The summed E-state index contributed by atoms with van der Waals surface area (Å²) in [6.07, 6.45) is 2.37. The van der Waals surface area contributed by atoms with Gasteiger partial charge in [0.2, 0.25) is 5.91 Å². The fourth-order valence-electron chi connectivity index (χ4n) is 1.97. The van der Waals surface area contributed by atoms with Crippen molar-refractivity contribution in [1.29, 1.82) is 0 Å². The molecule has 1 aliphatic heterocycles. The topological polar surface area (TPSA) is 53.2 Å². The molecule has 17 heavy (non-hydrogen) atoms. The van der Waals surface area contributed by atoms with Crippen molar-refractivity contribution in [3.63, 3.8) is 0 Å². The summed E-state index contributed by atoms with van der Waals surface area (Å²) in [6, 6.07) is 10.2. The first kappa shape index (κ1) is 11.9. The Hall–Kier alpha value is -1.55. The maximum absolute atomic E-state index is 11.6. The highest BCUT2D eigenvalue weighted by Gasteiger charge is 2.14. The monoisotopic (exact) mass is 233 g/mol. The molecule has 0 bridgehead atoms. The van der Waals surface area contributed by atoms with Crippen molar-refractivity contribution in [2.45, 2.75) is 18.9 Å². The Morgan fingerprint density at radius 3 is 2.88 bits per heavy atom. The van der Waals surface area contributed by atoms with E-state index in [-0.39, 0.29) is 5.91 Å². The summed E-state index contributed by atoms with van der Waals surface area (Å²) in [4.78, 5) is 11.6. The van der Waals surface area contributed by atoms with E-state index in [1.807, 2.05) is 30.3 Å². The van der Waals surface area contributed by atoms with Crippen LogP contribution in [-0.4, -0.2) is 31.6 Å². The third-order valence-electron chi connectivity index (χ3n) is 2.93. The van der Waals surface area contributed by atoms with Crippen molar-refractivity contribution in [3.8, 4) is 0 Å². The van der Waals surface area contributed by atoms with E-state index >= 15 is 0 Å². The smallest absolute Gasteiger partial charge is 0.239 e. The summed E-state index contributed by atoms with van der Waals surface area (Å²) in [6.45, 7) is 2.13. The Balaban J connectivity index is 1.64. The lowest BCUT2D eigenvalue weighted by molar-refractivity contribution is -0.119. The Kier molecular flexibility index (Phi) is 4.38. The summed E-state index contributed by atoms with van der Waals surface area (Å²) in [7, 11) is 0. The fraction of sp³-hybridized carbons (Fsp3) is 0.462. The summed E-state index contributed by atoms with van der Waals surface area (Å²) >= 11 is 0. The zero-order valence-corrected chi connectivity index (χ0v) is 9.91. The summed E-state index contributed by atoms with van der Waals surface area (Å²) in [5.41, 5.74) is 0.974. The van der Waals surface area contributed by atoms with Crippen LogP contribution in [0.3, 0.4) is 0 Å². The molecule has 0 radical (unpaired) electrons. The highest BCUT2D eigenvalue weighted by Crippen LogP contribution is 2.04. The van der Waals surface area contributed by atoms with Crippen LogP contribution in [0.5, 0.6) is 0 Å². The predicted octanol–water partition coefficient (Wildman–Crippen LogP) is 0.967. The highest BCUT2D eigenvalue weighted by atomic mass is 16.1. The zero-order valence-electron chi connectivity index (χ0n) is 9.91. The standard InChI is InChI=1S/C13H19N3O/c17-13(16-9-12-7-4-8-14-12)10-15-11-5-2-1-3-6-11/h1-3,5-6,12,14-15H,4,7-10H2,(H,16,17). The van der Waals surface area contributed by atoms with Crippen LogP contribution in [0.1, 0.15) is 12.8 Å². The minimum absolute atomic E-state index is 0.0440. The number of hydrogen-bond acceptors (Lipinski definition) is 3. The predicted molar refractivity (Wildman–Crippen MR) is 69.0 cm³/mol. The molecule has 1 amide bonds. The van der Waals surface area contributed by atoms with Gasteiger partial charge in [0.15, 0.2) is 0 Å². The van der Waals surface area contributed by atoms with Crippen molar-refractivity contribution >= 4 is 11.6 Å². The van der Waals surface area contributed by atoms with Gasteiger partial charge in [-0.25, -0.2) is 0 Å². The number of benzene rings is 1. The molecular formula is C13H19N3O. The van der Waals surface area contributed by atoms with Crippen LogP contribution in [0.2, 0.25) is 0 Å². The number of anilines is 1. The summed E-state index contributed by atoms with van der Waals surface area (Å²) in [5.74, 6) is 0.0440. The largest absolute Gasteiger partial charge is 0.376 e. The van der Waals surface area contributed by atoms with Crippen LogP contribution in [0.25, 0.3) is 0 Å². The summed E-state index contributed by atoms with van der Waals surface area (Å²) in [5, 5.41) is 9.37. The maximum atomic E-state index is 11.6. The molecule has 1 aliphatic rings. The number of hydrogen-bond donors (Lipinski definition) is 3. The van der Waals surface area contributed by atoms with Gasteiger partial charge in [0, 0.05) is 18.3 Å². The van der Waals surface area contributed by atoms with Gasteiger partial charge in [0.25, 0.3) is 0 Å². The van der Waals surface area contributed by atoms with Gasteiger partial charge in [-0.05, 0) is 31.5 Å². The van der Waals surface area contributed by atoms with Gasteiger partial charge in [0.05, 0.1) is 6.54 Å². The van der Waals surface area contributed by atoms with Crippen LogP contribution >= 0.6 is 0 Å². The fourth-order valence-corrected chi connectivity index (χ4v) is 1.97.